The molecule has 5 aromatic carbocycles. The van der Waals surface area contributed by atoms with Gasteiger partial charge in [-0.2, -0.15) is 0 Å². The third-order valence-corrected chi connectivity index (χ3v) is 6.73. The van der Waals surface area contributed by atoms with Crippen molar-refractivity contribution in [1.29, 1.82) is 5.41 Å². The number of allylic oxidation sites excluding steroid dienone is 1. The van der Waals surface area contributed by atoms with Gasteiger partial charge in [0.2, 0.25) is 0 Å². The minimum absolute atomic E-state index is 0.629. The Kier molecular flexibility index (Phi) is 6.90. The zero-order valence-electron chi connectivity index (χ0n) is 21.6. The van der Waals surface area contributed by atoms with Crippen molar-refractivity contribution in [3.05, 3.63) is 133 Å². The number of fused-ring (bicyclic) bond motifs is 1. The van der Waals surface area contributed by atoms with Crippen molar-refractivity contribution in [2.75, 3.05) is 0 Å². The van der Waals surface area contributed by atoms with Gasteiger partial charge in [-0.1, -0.05) is 109 Å². The lowest BCUT2D eigenvalue weighted by Gasteiger charge is -2.10. The molecule has 0 radical (unpaired) electrons. The molecule has 1 heterocycles. The van der Waals surface area contributed by atoms with Crippen molar-refractivity contribution >= 4 is 22.7 Å². The molecule has 1 aromatic heterocycles. The summed E-state index contributed by atoms with van der Waals surface area (Å²) < 4.78 is 0. The number of nitrogens with two attached hydrogens (primary N) is 1. The molecule has 0 bridgehead atoms. The van der Waals surface area contributed by atoms with E-state index in [-0.39, 0.29) is 0 Å². The van der Waals surface area contributed by atoms with E-state index in [1.165, 1.54) is 6.21 Å². The van der Waals surface area contributed by atoms with E-state index in [9.17, 15) is 0 Å². The standard InChI is InChI=1S/C34H26N6/c35-20-19-31(40-36)25-15-11-23(12-16-25)28-17-13-24-14-18-29(22-30(24)21-28)34-38-32(26-7-3-1-4-8-26)37-33(39-34)27-9-5-2-6-10-27/h1-22,35,40H,36H2/b31-19-,35-20?. The highest BCUT2D eigenvalue weighted by Crippen LogP contribution is 2.30. The molecule has 0 aliphatic carbocycles. The molecule has 0 aliphatic heterocycles. The van der Waals surface area contributed by atoms with Crippen LogP contribution < -0.4 is 11.3 Å². The second-order valence-electron chi connectivity index (χ2n) is 9.28. The highest BCUT2D eigenvalue weighted by Gasteiger charge is 2.13. The van der Waals surface area contributed by atoms with Crippen LogP contribution in [0.2, 0.25) is 0 Å². The maximum atomic E-state index is 7.32. The summed E-state index contributed by atoms with van der Waals surface area (Å²) in [5.41, 5.74) is 9.24. The maximum absolute atomic E-state index is 7.32. The summed E-state index contributed by atoms with van der Waals surface area (Å²) in [6.45, 7) is 0. The third-order valence-electron chi connectivity index (χ3n) is 6.73. The summed E-state index contributed by atoms with van der Waals surface area (Å²) in [4.78, 5) is 14.6. The van der Waals surface area contributed by atoms with E-state index in [1.54, 1.807) is 6.08 Å². The largest absolute Gasteiger partial charge is 0.323 e. The summed E-state index contributed by atoms with van der Waals surface area (Å²) >= 11 is 0. The Morgan fingerprint density at radius 3 is 1.60 bits per heavy atom. The monoisotopic (exact) mass is 518 g/mol. The van der Waals surface area contributed by atoms with Gasteiger partial charge in [0, 0.05) is 22.9 Å². The van der Waals surface area contributed by atoms with E-state index in [0.717, 1.165) is 44.2 Å². The summed E-state index contributed by atoms with van der Waals surface area (Å²) in [7, 11) is 0. The molecule has 0 amide bonds. The van der Waals surface area contributed by atoms with E-state index in [0.29, 0.717) is 23.2 Å². The fourth-order valence-electron chi connectivity index (χ4n) is 4.66. The Morgan fingerprint density at radius 1 is 0.550 bits per heavy atom. The number of aromatic nitrogens is 3. The molecule has 192 valence electrons. The fourth-order valence-corrected chi connectivity index (χ4v) is 4.66. The van der Waals surface area contributed by atoms with Gasteiger partial charge in [-0.15, -0.1) is 0 Å². The first-order valence-corrected chi connectivity index (χ1v) is 12.9. The van der Waals surface area contributed by atoms with Gasteiger partial charge in [0.1, 0.15) is 0 Å². The summed E-state index contributed by atoms with van der Waals surface area (Å²) in [5.74, 6) is 7.52. The molecule has 0 spiro atoms. The first-order valence-electron chi connectivity index (χ1n) is 12.9. The van der Waals surface area contributed by atoms with Crippen molar-refractivity contribution in [2.45, 2.75) is 0 Å². The topological polar surface area (TPSA) is 101 Å². The van der Waals surface area contributed by atoms with Gasteiger partial charge in [0.05, 0.1) is 5.70 Å². The average molecular weight is 519 g/mol. The number of nitrogens with one attached hydrogen (secondary N) is 2. The van der Waals surface area contributed by atoms with Crippen molar-refractivity contribution in [3.63, 3.8) is 0 Å². The SMILES string of the molecule is N=C/C=C(\NN)c1ccc(-c2ccc3ccc(-c4nc(-c5ccccc5)nc(-c5ccccc5)n4)cc3c2)cc1. The summed E-state index contributed by atoms with van der Waals surface area (Å²) in [5, 5.41) is 9.55. The van der Waals surface area contributed by atoms with Crippen LogP contribution in [0, 0.1) is 5.41 Å². The third kappa shape index (κ3) is 5.12. The molecule has 6 rings (SSSR count). The predicted molar refractivity (Wildman–Crippen MR) is 163 cm³/mol. The predicted octanol–water partition coefficient (Wildman–Crippen LogP) is 7.15. The van der Waals surface area contributed by atoms with Gasteiger partial charge in [0.25, 0.3) is 0 Å². The quantitative estimate of drug-likeness (QED) is 0.118. The highest BCUT2D eigenvalue weighted by molar-refractivity contribution is 5.91. The van der Waals surface area contributed by atoms with E-state index in [2.05, 4.69) is 54.0 Å². The molecule has 0 unspecified atom stereocenters. The molecular weight excluding hydrogens is 492 g/mol. The lowest BCUT2D eigenvalue weighted by molar-refractivity contribution is 0.993. The highest BCUT2D eigenvalue weighted by atomic mass is 15.2. The fraction of sp³-hybridized carbons (Fsp3) is 0. The lowest BCUT2D eigenvalue weighted by Crippen LogP contribution is -2.20. The van der Waals surface area contributed by atoms with Gasteiger partial charge in [-0.05, 0) is 45.7 Å². The summed E-state index contributed by atoms with van der Waals surface area (Å²) in [6.07, 6.45) is 2.84. The Bertz CT molecular complexity index is 1770. The Labute approximate surface area is 232 Å². The average Bonchev–Trinajstić information content (AvgIpc) is 3.04. The molecule has 0 saturated carbocycles. The minimum Gasteiger partial charge on any atom is -0.323 e. The van der Waals surface area contributed by atoms with Crippen LogP contribution >= 0.6 is 0 Å². The summed E-state index contributed by atoms with van der Waals surface area (Å²) in [6, 6.07) is 40.8. The van der Waals surface area contributed by atoms with Crippen LogP contribution in [-0.4, -0.2) is 21.2 Å². The van der Waals surface area contributed by atoms with Crippen molar-refractivity contribution < 1.29 is 0 Å². The van der Waals surface area contributed by atoms with Crippen molar-refractivity contribution in [1.82, 2.24) is 20.4 Å². The van der Waals surface area contributed by atoms with Crippen molar-refractivity contribution in [3.8, 4) is 45.3 Å². The molecular formula is C34H26N6. The Balaban J connectivity index is 1.42. The van der Waals surface area contributed by atoms with E-state index >= 15 is 0 Å². The van der Waals surface area contributed by atoms with Crippen molar-refractivity contribution in [2.24, 2.45) is 5.84 Å². The molecule has 0 saturated heterocycles. The Morgan fingerprint density at radius 2 is 1.05 bits per heavy atom. The van der Waals surface area contributed by atoms with Crippen LogP contribution in [0.3, 0.4) is 0 Å². The van der Waals surface area contributed by atoms with Crippen LogP contribution in [0.1, 0.15) is 5.56 Å². The molecule has 6 nitrogen and oxygen atoms in total. The van der Waals surface area contributed by atoms with Gasteiger partial charge >= 0.3 is 0 Å². The Hall–Kier alpha value is -5.46. The number of hydrogen-bond acceptors (Lipinski definition) is 6. The molecule has 0 atom stereocenters. The number of rotatable bonds is 7. The number of nitrogens with zero attached hydrogens (tertiary/aromatic N) is 3. The van der Waals surface area contributed by atoms with Crippen LogP contribution in [0.5, 0.6) is 0 Å². The van der Waals surface area contributed by atoms with Crippen LogP contribution in [0.25, 0.3) is 61.8 Å². The zero-order valence-corrected chi connectivity index (χ0v) is 21.6. The molecule has 4 N–H and O–H groups in total. The first kappa shape index (κ1) is 24.9. The molecule has 0 fully saturated rings. The lowest BCUT2D eigenvalue weighted by atomic mass is 9.98. The number of benzene rings is 5. The molecule has 6 heteroatoms. The first-order chi connectivity index (χ1) is 19.7. The van der Waals surface area contributed by atoms with Gasteiger partial charge in [-0.25, -0.2) is 15.0 Å². The maximum Gasteiger partial charge on any atom is 0.164 e. The van der Waals surface area contributed by atoms with Gasteiger partial charge in [-0.3, -0.25) is 5.84 Å². The number of hydrogen-bond donors (Lipinski definition) is 3. The zero-order chi connectivity index (χ0) is 27.3. The second kappa shape index (κ2) is 11.1. The van der Waals surface area contributed by atoms with E-state index in [4.69, 9.17) is 26.2 Å². The van der Waals surface area contributed by atoms with Gasteiger partial charge in [0.15, 0.2) is 17.5 Å². The number of hydrazine groups is 1. The molecule has 6 aromatic rings. The van der Waals surface area contributed by atoms with Crippen LogP contribution in [0.15, 0.2) is 127 Å². The minimum atomic E-state index is 0.629. The molecule has 0 aliphatic rings. The normalized spacial score (nSPS) is 11.4. The molecule has 40 heavy (non-hydrogen) atoms. The van der Waals surface area contributed by atoms with E-state index < -0.39 is 0 Å². The van der Waals surface area contributed by atoms with E-state index in [1.807, 2.05) is 72.8 Å². The smallest absolute Gasteiger partial charge is 0.164 e. The van der Waals surface area contributed by atoms with Gasteiger partial charge < -0.3 is 10.8 Å². The van der Waals surface area contributed by atoms with Crippen LogP contribution in [-0.2, 0) is 0 Å². The van der Waals surface area contributed by atoms with Crippen LogP contribution in [0.4, 0.5) is 0 Å². The second-order valence-corrected chi connectivity index (χ2v) is 9.28.